The zero-order chi connectivity index (χ0) is 19.2. The molecule has 0 amide bonds. The average molecular weight is 381 g/mol. The summed E-state index contributed by atoms with van der Waals surface area (Å²) in [7, 11) is 1.88. The fourth-order valence-electron chi connectivity index (χ4n) is 4.49. The number of nitrogens with zero attached hydrogens (tertiary/aromatic N) is 5. The van der Waals surface area contributed by atoms with Crippen molar-refractivity contribution >= 4 is 5.96 Å². The lowest BCUT2D eigenvalue weighted by Crippen LogP contribution is -2.41. The van der Waals surface area contributed by atoms with Gasteiger partial charge in [-0.3, -0.25) is 4.99 Å². The molecule has 2 aliphatic heterocycles. The number of nitrogens with one attached hydrogen (secondary N) is 1. The Morgan fingerprint density at radius 3 is 2.89 bits per heavy atom. The van der Waals surface area contributed by atoms with Crippen molar-refractivity contribution in [1.82, 2.24) is 25.0 Å². The van der Waals surface area contributed by atoms with Gasteiger partial charge in [-0.25, -0.2) is 0 Å². The SMILES string of the molecule is CN=C(NCCc1nnc2n1CCCCC2)N1CCC(Cc2ccccc2)C1. The molecule has 1 N–H and O–H groups in total. The van der Waals surface area contributed by atoms with E-state index in [9.17, 15) is 0 Å². The predicted octanol–water partition coefficient (Wildman–Crippen LogP) is 2.69. The molecule has 1 unspecified atom stereocenters. The van der Waals surface area contributed by atoms with E-state index in [0.717, 1.165) is 57.2 Å². The monoisotopic (exact) mass is 380 g/mol. The number of aromatic nitrogens is 3. The third-order valence-electron chi connectivity index (χ3n) is 5.98. The van der Waals surface area contributed by atoms with Gasteiger partial charge in [0.05, 0.1) is 0 Å². The minimum atomic E-state index is 0.702. The van der Waals surface area contributed by atoms with Crippen LogP contribution in [0.25, 0.3) is 0 Å². The van der Waals surface area contributed by atoms with Crippen molar-refractivity contribution in [2.75, 3.05) is 26.7 Å². The summed E-state index contributed by atoms with van der Waals surface area (Å²) in [6.07, 6.45) is 8.12. The lowest BCUT2D eigenvalue weighted by molar-refractivity contribution is 0.459. The van der Waals surface area contributed by atoms with E-state index in [1.54, 1.807) is 0 Å². The molecule has 0 saturated carbocycles. The van der Waals surface area contributed by atoms with E-state index in [-0.39, 0.29) is 0 Å². The number of benzene rings is 1. The Labute approximate surface area is 168 Å². The summed E-state index contributed by atoms with van der Waals surface area (Å²) in [5.74, 6) is 4.00. The number of likely N-dealkylation sites (tertiary alicyclic amines) is 1. The molecule has 28 heavy (non-hydrogen) atoms. The van der Waals surface area contributed by atoms with Crippen LogP contribution in [-0.2, 0) is 25.8 Å². The van der Waals surface area contributed by atoms with Gasteiger partial charge in [-0.15, -0.1) is 10.2 Å². The molecular weight excluding hydrogens is 348 g/mol. The minimum Gasteiger partial charge on any atom is -0.356 e. The second kappa shape index (κ2) is 9.22. The van der Waals surface area contributed by atoms with Crippen LogP contribution < -0.4 is 5.32 Å². The normalized spacial score (nSPS) is 20.1. The Hall–Kier alpha value is -2.37. The Kier molecular flexibility index (Phi) is 6.24. The first-order valence-electron chi connectivity index (χ1n) is 10.7. The Balaban J connectivity index is 1.27. The van der Waals surface area contributed by atoms with Gasteiger partial charge in [-0.1, -0.05) is 36.8 Å². The highest BCUT2D eigenvalue weighted by molar-refractivity contribution is 5.80. The summed E-state index contributed by atoms with van der Waals surface area (Å²) in [6, 6.07) is 10.8. The molecule has 0 radical (unpaired) electrons. The largest absolute Gasteiger partial charge is 0.356 e. The average Bonchev–Trinajstić information content (AvgIpc) is 3.26. The van der Waals surface area contributed by atoms with Gasteiger partial charge in [-0.05, 0) is 37.2 Å². The molecule has 1 saturated heterocycles. The molecule has 0 bridgehead atoms. The van der Waals surface area contributed by atoms with E-state index in [4.69, 9.17) is 0 Å². The van der Waals surface area contributed by atoms with Crippen molar-refractivity contribution in [2.24, 2.45) is 10.9 Å². The molecule has 2 aromatic rings. The van der Waals surface area contributed by atoms with E-state index < -0.39 is 0 Å². The van der Waals surface area contributed by atoms with Crippen LogP contribution in [-0.4, -0.2) is 52.3 Å². The third-order valence-corrected chi connectivity index (χ3v) is 5.98. The Morgan fingerprint density at radius 2 is 2.04 bits per heavy atom. The van der Waals surface area contributed by atoms with Gasteiger partial charge in [0.2, 0.25) is 0 Å². The second-order valence-electron chi connectivity index (χ2n) is 8.01. The first-order valence-corrected chi connectivity index (χ1v) is 10.7. The van der Waals surface area contributed by atoms with Crippen molar-refractivity contribution in [1.29, 1.82) is 0 Å². The molecule has 2 aliphatic rings. The van der Waals surface area contributed by atoms with Crippen molar-refractivity contribution in [3.63, 3.8) is 0 Å². The maximum Gasteiger partial charge on any atom is 0.193 e. The highest BCUT2D eigenvalue weighted by Gasteiger charge is 2.25. The summed E-state index contributed by atoms with van der Waals surface area (Å²) >= 11 is 0. The molecule has 1 atom stereocenters. The Morgan fingerprint density at radius 1 is 1.14 bits per heavy atom. The van der Waals surface area contributed by atoms with E-state index in [1.807, 2.05) is 7.05 Å². The molecule has 6 heteroatoms. The molecule has 1 aromatic carbocycles. The fraction of sp³-hybridized carbons (Fsp3) is 0.591. The second-order valence-corrected chi connectivity index (χ2v) is 8.01. The molecule has 0 spiro atoms. The minimum absolute atomic E-state index is 0.702. The molecule has 1 aromatic heterocycles. The van der Waals surface area contributed by atoms with Crippen LogP contribution >= 0.6 is 0 Å². The molecule has 150 valence electrons. The number of guanidine groups is 1. The molecule has 6 nitrogen and oxygen atoms in total. The number of aryl methyl sites for hydroxylation is 1. The summed E-state index contributed by atoms with van der Waals surface area (Å²) < 4.78 is 2.34. The van der Waals surface area contributed by atoms with Gasteiger partial charge in [0.15, 0.2) is 5.96 Å². The number of rotatable bonds is 5. The van der Waals surface area contributed by atoms with Gasteiger partial charge in [0, 0.05) is 46.1 Å². The van der Waals surface area contributed by atoms with Crippen molar-refractivity contribution < 1.29 is 0 Å². The zero-order valence-corrected chi connectivity index (χ0v) is 17.0. The predicted molar refractivity (Wildman–Crippen MR) is 112 cm³/mol. The van der Waals surface area contributed by atoms with E-state index >= 15 is 0 Å². The fourth-order valence-corrected chi connectivity index (χ4v) is 4.49. The molecule has 1 fully saturated rings. The topological polar surface area (TPSA) is 58.3 Å². The highest BCUT2D eigenvalue weighted by atomic mass is 15.3. The quantitative estimate of drug-likeness (QED) is 0.640. The van der Waals surface area contributed by atoms with Gasteiger partial charge >= 0.3 is 0 Å². The van der Waals surface area contributed by atoms with Crippen LogP contribution in [0, 0.1) is 5.92 Å². The summed E-state index contributed by atoms with van der Waals surface area (Å²) in [5.41, 5.74) is 1.43. The van der Waals surface area contributed by atoms with E-state index in [1.165, 1.54) is 37.1 Å². The van der Waals surface area contributed by atoms with Crippen LogP contribution in [0.5, 0.6) is 0 Å². The van der Waals surface area contributed by atoms with Crippen LogP contribution in [0.3, 0.4) is 0 Å². The van der Waals surface area contributed by atoms with Gasteiger partial charge in [-0.2, -0.15) is 0 Å². The summed E-state index contributed by atoms with van der Waals surface area (Å²) in [5, 5.41) is 12.4. The lowest BCUT2D eigenvalue weighted by atomic mass is 9.99. The molecule has 4 rings (SSSR count). The van der Waals surface area contributed by atoms with Crippen LogP contribution in [0.4, 0.5) is 0 Å². The van der Waals surface area contributed by atoms with Crippen molar-refractivity contribution in [3.8, 4) is 0 Å². The molecule has 3 heterocycles. The lowest BCUT2D eigenvalue weighted by Gasteiger charge is -2.21. The highest BCUT2D eigenvalue weighted by Crippen LogP contribution is 2.21. The summed E-state index contributed by atoms with van der Waals surface area (Å²) in [6.45, 7) is 4.08. The summed E-state index contributed by atoms with van der Waals surface area (Å²) in [4.78, 5) is 6.92. The number of fused-ring (bicyclic) bond motifs is 1. The van der Waals surface area contributed by atoms with E-state index in [0.29, 0.717) is 5.92 Å². The molecular formula is C22H32N6. The van der Waals surface area contributed by atoms with Crippen LogP contribution in [0.2, 0.25) is 0 Å². The zero-order valence-electron chi connectivity index (χ0n) is 17.0. The van der Waals surface area contributed by atoms with Gasteiger partial charge in [0.1, 0.15) is 11.6 Å². The van der Waals surface area contributed by atoms with Crippen LogP contribution in [0.1, 0.15) is 42.9 Å². The van der Waals surface area contributed by atoms with Gasteiger partial charge < -0.3 is 14.8 Å². The standard InChI is InChI=1S/C22H32N6/c1-23-22(27-15-12-19(17-27)16-18-8-4-2-5-9-18)24-13-11-21-26-25-20-10-6-3-7-14-28(20)21/h2,4-5,8-9,19H,3,6-7,10-17H2,1H3,(H,23,24). The number of hydrogen-bond donors (Lipinski definition) is 1. The first-order chi connectivity index (χ1) is 13.8. The maximum absolute atomic E-state index is 4.52. The van der Waals surface area contributed by atoms with E-state index in [2.05, 4.69) is 60.3 Å². The smallest absolute Gasteiger partial charge is 0.193 e. The van der Waals surface area contributed by atoms with Crippen molar-refractivity contribution in [2.45, 2.75) is 51.5 Å². The number of hydrogen-bond acceptors (Lipinski definition) is 3. The maximum atomic E-state index is 4.52. The Bertz CT molecular complexity index is 782. The third kappa shape index (κ3) is 4.54. The van der Waals surface area contributed by atoms with Gasteiger partial charge in [0.25, 0.3) is 0 Å². The molecule has 0 aliphatic carbocycles. The van der Waals surface area contributed by atoms with Crippen LogP contribution in [0.15, 0.2) is 35.3 Å². The first kappa shape index (κ1) is 19.0. The van der Waals surface area contributed by atoms with Crippen molar-refractivity contribution in [3.05, 3.63) is 47.5 Å². The number of aliphatic imine (C=N–C) groups is 1.